The van der Waals surface area contributed by atoms with E-state index in [1.165, 1.54) is 6.92 Å². The molecular formula is C11H23F3. The first kappa shape index (κ1) is 16.2. The Balaban J connectivity index is 0. The minimum absolute atomic E-state index is 0.281. The molecule has 88 valence electrons. The Morgan fingerprint density at radius 2 is 1.50 bits per heavy atom. The van der Waals surface area contributed by atoms with E-state index in [4.69, 9.17) is 0 Å². The van der Waals surface area contributed by atoms with Crippen molar-refractivity contribution in [1.29, 1.82) is 0 Å². The molecule has 0 aliphatic rings. The summed E-state index contributed by atoms with van der Waals surface area (Å²) < 4.78 is 35.9. The van der Waals surface area contributed by atoms with Gasteiger partial charge in [0.15, 0.2) is 0 Å². The van der Waals surface area contributed by atoms with Crippen molar-refractivity contribution in [2.75, 3.05) is 0 Å². The minimum Gasteiger partial charge on any atom is -0.171 e. The van der Waals surface area contributed by atoms with E-state index in [9.17, 15) is 13.2 Å². The van der Waals surface area contributed by atoms with Crippen molar-refractivity contribution in [1.82, 2.24) is 0 Å². The van der Waals surface area contributed by atoms with Crippen molar-refractivity contribution in [2.45, 2.75) is 66.0 Å². The highest BCUT2D eigenvalue weighted by molar-refractivity contribution is 4.61. The van der Waals surface area contributed by atoms with Crippen LogP contribution in [0, 0.1) is 5.92 Å². The molecule has 0 heterocycles. The summed E-state index contributed by atoms with van der Waals surface area (Å²) in [6.07, 6.45) is 0.0339. The molecule has 0 aliphatic carbocycles. The van der Waals surface area contributed by atoms with E-state index in [1.807, 2.05) is 20.8 Å². The summed E-state index contributed by atoms with van der Waals surface area (Å²) in [7, 11) is 0. The number of halogens is 3. The second-order valence-corrected chi connectivity index (χ2v) is 3.29. The van der Waals surface area contributed by atoms with Crippen LogP contribution in [0.25, 0.3) is 0 Å². The summed E-state index contributed by atoms with van der Waals surface area (Å²) in [5.41, 5.74) is 0. The topological polar surface area (TPSA) is 0 Å². The maximum Gasteiger partial charge on any atom is 0.391 e. The van der Waals surface area contributed by atoms with Crippen LogP contribution < -0.4 is 0 Å². The van der Waals surface area contributed by atoms with Crippen LogP contribution in [0.4, 0.5) is 13.2 Å². The molecule has 0 rings (SSSR count). The van der Waals surface area contributed by atoms with Crippen LogP contribution in [0.1, 0.15) is 59.8 Å². The van der Waals surface area contributed by atoms with Gasteiger partial charge in [0.2, 0.25) is 0 Å². The Morgan fingerprint density at radius 1 is 1.00 bits per heavy atom. The smallest absolute Gasteiger partial charge is 0.171 e. The van der Waals surface area contributed by atoms with Crippen molar-refractivity contribution >= 4 is 0 Å². The van der Waals surface area contributed by atoms with Crippen molar-refractivity contribution in [3.8, 4) is 0 Å². The van der Waals surface area contributed by atoms with Crippen LogP contribution in [-0.4, -0.2) is 6.18 Å². The number of hydrogen-bond donors (Lipinski definition) is 0. The van der Waals surface area contributed by atoms with E-state index in [2.05, 4.69) is 0 Å². The van der Waals surface area contributed by atoms with Gasteiger partial charge in [-0.1, -0.05) is 53.4 Å². The lowest BCUT2D eigenvalue weighted by Crippen LogP contribution is -2.19. The Morgan fingerprint density at radius 3 is 1.86 bits per heavy atom. The van der Waals surface area contributed by atoms with Crippen molar-refractivity contribution in [3.63, 3.8) is 0 Å². The zero-order chi connectivity index (χ0) is 11.6. The molecule has 0 nitrogen and oxygen atoms in total. The Kier molecular flexibility index (Phi) is 10.8. The molecule has 14 heavy (non-hydrogen) atoms. The number of alkyl halides is 3. The maximum atomic E-state index is 12.0. The first-order chi connectivity index (χ1) is 6.48. The average molecular weight is 212 g/mol. The fourth-order valence-electron chi connectivity index (χ4n) is 1.04. The summed E-state index contributed by atoms with van der Waals surface area (Å²) in [5.74, 6) is -1.13. The molecule has 0 bridgehead atoms. The standard InChI is InChI=1S/C9H17F3.C2H6/c1-3-4-5-6-7-8(2)9(10,11)12;1-2/h8H,3-7H2,1-2H3;1-2H3. The van der Waals surface area contributed by atoms with Gasteiger partial charge in [0.05, 0.1) is 5.92 Å². The molecule has 0 N–H and O–H groups in total. The molecule has 0 fully saturated rings. The largest absolute Gasteiger partial charge is 0.391 e. The summed E-state index contributed by atoms with van der Waals surface area (Å²) >= 11 is 0. The van der Waals surface area contributed by atoms with E-state index >= 15 is 0 Å². The SMILES string of the molecule is CC.CCCCCCC(C)C(F)(F)F. The Bertz CT molecular complexity index is 108. The van der Waals surface area contributed by atoms with Gasteiger partial charge in [-0.25, -0.2) is 0 Å². The number of hydrogen-bond acceptors (Lipinski definition) is 0. The molecule has 3 heteroatoms. The molecular weight excluding hydrogens is 189 g/mol. The molecule has 0 saturated heterocycles. The van der Waals surface area contributed by atoms with E-state index in [0.29, 0.717) is 6.42 Å². The summed E-state index contributed by atoms with van der Waals surface area (Å²) in [4.78, 5) is 0. The van der Waals surface area contributed by atoms with Gasteiger partial charge >= 0.3 is 6.18 Å². The lowest BCUT2D eigenvalue weighted by Gasteiger charge is -2.14. The molecule has 1 atom stereocenters. The van der Waals surface area contributed by atoms with Crippen molar-refractivity contribution in [2.24, 2.45) is 5.92 Å². The average Bonchev–Trinajstić information content (AvgIpc) is 2.14. The summed E-state index contributed by atoms with van der Waals surface area (Å²) in [6.45, 7) is 7.30. The summed E-state index contributed by atoms with van der Waals surface area (Å²) in [6, 6.07) is 0. The van der Waals surface area contributed by atoms with Crippen LogP contribution >= 0.6 is 0 Å². The van der Waals surface area contributed by atoms with Gasteiger partial charge in [0.25, 0.3) is 0 Å². The third kappa shape index (κ3) is 9.87. The maximum absolute atomic E-state index is 12.0. The predicted octanol–water partition coefficient (Wildman–Crippen LogP) is 5.18. The normalized spacial score (nSPS) is 13.1. The van der Waals surface area contributed by atoms with Crippen molar-refractivity contribution < 1.29 is 13.2 Å². The highest BCUT2D eigenvalue weighted by Crippen LogP contribution is 2.29. The monoisotopic (exact) mass is 212 g/mol. The van der Waals surface area contributed by atoms with Gasteiger partial charge in [0.1, 0.15) is 0 Å². The molecule has 0 aromatic heterocycles. The third-order valence-electron chi connectivity index (χ3n) is 2.05. The molecule has 0 aromatic rings. The Labute approximate surface area is 85.9 Å². The zero-order valence-electron chi connectivity index (χ0n) is 9.75. The molecule has 0 aromatic carbocycles. The van der Waals surface area contributed by atoms with Crippen LogP contribution in [0.5, 0.6) is 0 Å². The third-order valence-corrected chi connectivity index (χ3v) is 2.05. The van der Waals surface area contributed by atoms with E-state index in [-0.39, 0.29) is 6.42 Å². The number of rotatable bonds is 5. The molecule has 0 radical (unpaired) electrons. The van der Waals surface area contributed by atoms with Crippen LogP contribution in [0.3, 0.4) is 0 Å². The van der Waals surface area contributed by atoms with Gasteiger partial charge in [-0.15, -0.1) is 0 Å². The van der Waals surface area contributed by atoms with E-state index < -0.39 is 12.1 Å². The molecule has 0 saturated carbocycles. The van der Waals surface area contributed by atoms with Gasteiger partial charge in [-0.2, -0.15) is 13.2 Å². The fourth-order valence-corrected chi connectivity index (χ4v) is 1.04. The first-order valence-corrected chi connectivity index (χ1v) is 5.55. The fraction of sp³-hybridized carbons (Fsp3) is 1.00. The molecule has 0 amide bonds. The first-order valence-electron chi connectivity index (χ1n) is 5.55. The zero-order valence-corrected chi connectivity index (χ0v) is 9.75. The van der Waals surface area contributed by atoms with E-state index in [0.717, 1.165) is 19.3 Å². The minimum atomic E-state index is -3.99. The van der Waals surface area contributed by atoms with Crippen LogP contribution in [0.15, 0.2) is 0 Å². The van der Waals surface area contributed by atoms with Crippen LogP contribution in [-0.2, 0) is 0 Å². The van der Waals surface area contributed by atoms with Gasteiger partial charge in [-0.05, 0) is 6.42 Å². The molecule has 1 unspecified atom stereocenters. The second kappa shape index (κ2) is 9.35. The quantitative estimate of drug-likeness (QED) is 0.551. The Hall–Kier alpha value is -0.210. The van der Waals surface area contributed by atoms with Gasteiger partial charge in [0, 0.05) is 0 Å². The number of unbranched alkanes of at least 4 members (excludes halogenated alkanes) is 3. The predicted molar refractivity (Wildman–Crippen MR) is 55.3 cm³/mol. The highest BCUT2D eigenvalue weighted by atomic mass is 19.4. The lowest BCUT2D eigenvalue weighted by molar-refractivity contribution is -0.171. The molecule has 0 aliphatic heterocycles. The lowest BCUT2D eigenvalue weighted by atomic mass is 10.0. The van der Waals surface area contributed by atoms with Crippen LogP contribution in [0.2, 0.25) is 0 Å². The summed E-state index contributed by atoms with van der Waals surface area (Å²) in [5, 5.41) is 0. The highest BCUT2D eigenvalue weighted by Gasteiger charge is 2.34. The second-order valence-electron chi connectivity index (χ2n) is 3.29. The molecule has 0 spiro atoms. The van der Waals surface area contributed by atoms with Gasteiger partial charge < -0.3 is 0 Å². The van der Waals surface area contributed by atoms with E-state index in [1.54, 1.807) is 0 Å². The van der Waals surface area contributed by atoms with Gasteiger partial charge in [-0.3, -0.25) is 0 Å². The van der Waals surface area contributed by atoms with Crippen molar-refractivity contribution in [3.05, 3.63) is 0 Å².